The standard InChI is InChI=1S/C10H16N4O3/c1-4(2)7(11)9(15)12-8-6(10(16)17)5(3)13-14-8/h4,7H,11H2,1-3H3,(H,16,17)(H2,12,13,14,15). The Morgan fingerprint density at radius 1 is 1.47 bits per heavy atom. The molecule has 1 amide bonds. The molecule has 1 rings (SSSR count). The molecule has 0 aliphatic rings. The Morgan fingerprint density at radius 2 is 2.06 bits per heavy atom. The topological polar surface area (TPSA) is 121 Å². The predicted molar refractivity (Wildman–Crippen MR) is 61.7 cm³/mol. The van der Waals surface area contributed by atoms with Crippen LogP contribution in [0.15, 0.2) is 0 Å². The van der Waals surface area contributed by atoms with Crippen molar-refractivity contribution in [3.05, 3.63) is 11.3 Å². The quantitative estimate of drug-likeness (QED) is 0.604. The van der Waals surface area contributed by atoms with Gasteiger partial charge in [-0.25, -0.2) is 4.79 Å². The van der Waals surface area contributed by atoms with Crippen molar-refractivity contribution in [1.82, 2.24) is 10.2 Å². The van der Waals surface area contributed by atoms with Gasteiger partial charge in [0.1, 0.15) is 5.56 Å². The monoisotopic (exact) mass is 240 g/mol. The number of aromatic nitrogens is 2. The molecule has 1 unspecified atom stereocenters. The lowest BCUT2D eigenvalue weighted by atomic mass is 10.1. The molecule has 0 aromatic carbocycles. The summed E-state index contributed by atoms with van der Waals surface area (Å²) in [6, 6.07) is -0.700. The molecule has 0 aliphatic carbocycles. The number of carbonyl (C=O) groups excluding carboxylic acids is 1. The van der Waals surface area contributed by atoms with Gasteiger partial charge in [0.05, 0.1) is 6.04 Å². The number of aryl methyl sites for hydroxylation is 1. The third kappa shape index (κ3) is 2.82. The van der Waals surface area contributed by atoms with Crippen LogP contribution in [-0.2, 0) is 4.79 Å². The van der Waals surface area contributed by atoms with E-state index >= 15 is 0 Å². The lowest BCUT2D eigenvalue weighted by Gasteiger charge is -2.14. The number of hydrogen-bond donors (Lipinski definition) is 4. The molecule has 0 bridgehead atoms. The second-order valence-corrected chi connectivity index (χ2v) is 4.14. The Hall–Kier alpha value is -1.89. The molecular formula is C10H16N4O3. The number of carboxylic acid groups (broad SMARTS) is 1. The van der Waals surface area contributed by atoms with Gasteiger partial charge in [-0.3, -0.25) is 9.89 Å². The molecule has 5 N–H and O–H groups in total. The number of nitrogens with one attached hydrogen (secondary N) is 2. The third-order valence-electron chi connectivity index (χ3n) is 2.42. The smallest absolute Gasteiger partial charge is 0.341 e. The van der Waals surface area contributed by atoms with E-state index in [4.69, 9.17) is 10.8 Å². The second-order valence-electron chi connectivity index (χ2n) is 4.14. The molecule has 0 saturated carbocycles. The van der Waals surface area contributed by atoms with Gasteiger partial charge in [0, 0.05) is 5.69 Å². The number of carboxylic acids is 1. The fraction of sp³-hybridized carbons (Fsp3) is 0.500. The zero-order valence-electron chi connectivity index (χ0n) is 9.94. The maximum absolute atomic E-state index is 11.7. The molecule has 7 nitrogen and oxygen atoms in total. The first-order valence-electron chi connectivity index (χ1n) is 5.19. The van der Waals surface area contributed by atoms with Gasteiger partial charge in [-0.15, -0.1) is 0 Å². The number of H-pyrrole nitrogens is 1. The highest BCUT2D eigenvalue weighted by atomic mass is 16.4. The van der Waals surface area contributed by atoms with Crippen LogP contribution in [0.2, 0.25) is 0 Å². The first kappa shape index (κ1) is 13.2. The molecule has 17 heavy (non-hydrogen) atoms. The van der Waals surface area contributed by atoms with Gasteiger partial charge in [-0.2, -0.15) is 5.10 Å². The lowest BCUT2D eigenvalue weighted by molar-refractivity contribution is -0.118. The van der Waals surface area contributed by atoms with Gasteiger partial charge in [0.15, 0.2) is 5.82 Å². The summed E-state index contributed by atoms with van der Waals surface area (Å²) in [5.74, 6) is -1.64. The summed E-state index contributed by atoms with van der Waals surface area (Å²) in [6.07, 6.45) is 0. The minimum absolute atomic E-state index is 0.00361. The van der Waals surface area contributed by atoms with E-state index in [9.17, 15) is 9.59 Å². The van der Waals surface area contributed by atoms with E-state index in [1.165, 1.54) is 0 Å². The van der Waals surface area contributed by atoms with Gasteiger partial charge in [-0.1, -0.05) is 13.8 Å². The summed E-state index contributed by atoms with van der Waals surface area (Å²) >= 11 is 0. The number of hydrogen-bond acceptors (Lipinski definition) is 4. The third-order valence-corrected chi connectivity index (χ3v) is 2.42. The van der Waals surface area contributed by atoms with Crippen molar-refractivity contribution in [3.63, 3.8) is 0 Å². The number of carbonyl (C=O) groups is 2. The van der Waals surface area contributed by atoms with E-state index in [-0.39, 0.29) is 17.3 Å². The molecule has 0 spiro atoms. The maximum Gasteiger partial charge on any atom is 0.341 e. The van der Waals surface area contributed by atoms with Crippen LogP contribution in [0.4, 0.5) is 5.82 Å². The van der Waals surface area contributed by atoms with Gasteiger partial charge in [0.25, 0.3) is 0 Å². The van der Waals surface area contributed by atoms with Crippen LogP contribution in [0, 0.1) is 12.8 Å². The maximum atomic E-state index is 11.7. The van der Waals surface area contributed by atoms with Crippen LogP contribution in [0.25, 0.3) is 0 Å². The van der Waals surface area contributed by atoms with Crippen LogP contribution < -0.4 is 11.1 Å². The van der Waals surface area contributed by atoms with Gasteiger partial charge in [-0.05, 0) is 12.8 Å². The molecule has 0 aliphatic heterocycles. The van der Waals surface area contributed by atoms with Gasteiger partial charge in [0.2, 0.25) is 5.91 Å². The van der Waals surface area contributed by atoms with Crippen LogP contribution in [0.5, 0.6) is 0 Å². The minimum atomic E-state index is -1.15. The zero-order valence-corrected chi connectivity index (χ0v) is 9.94. The Labute approximate surface area is 98.4 Å². The molecule has 7 heteroatoms. The van der Waals surface area contributed by atoms with Crippen molar-refractivity contribution in [2.24, 2.45) is 11.7 Å². The number of rotatable bonds is 4. The van der Waals surface area contributed by atoms with Crippen LogP contribution in [0.1, 0.15) is 29.9 Å². The van der Waals surface area contributed by atoms with E-state index in [1.54, 1.807) is 20.8 Å². The summed E-state index contributed by atoms with van der Waals surface area (Å²) in [5.41, 5.74) is 5.98. The largest absolute Gasteiger partial charge is 0.477 e. The van der Waals surface area contributed by atoms with Gasteiger partial charge >= 0.3 is 5.97 Å². The SMILES string of the molecule is Cc1[nH]nc(NC(=O)C(N)C(C)C)c1C(=O)O. The second kappa shape index (κ2) is 4.96. The van der Waals surface area contributed by atoms with E-state index < -0.39 is 17.9 Å². The molecule has 0 saturated heterocycles. The van der Waals surface area contributed by atoms with E-state index in [1.807, 2.05) is 0 Å². The van der Waals surface area contributed by atoms with Crippen LogP contribution in [-0.4, -0.2) is 33.2 Å². The van der Waals surface area contributed by atoms with Crippen LogP contribution in [0.3, 0.4) is 0 Å². The van der Waals surface area contributed by atoms with E-state index in [0.717, 1.165) is 0 Å². The highest BCUT2D eigenvalue weighted by Crippen LogP contribution is 2.16. The molecule has 0 fully saturated rings. The molecule has 1 heterocycles. The van der Waals surface area contributed by atoms with Crippen molar-refractivity contribution < 1.29 is 14.7 Å². The fourth-order valence-electron chi connectivity index (χ4n) is 1.28. The number of aromatic carboxylic acids is 1. The number of aromatic amines is 1. The lowest BCUT2D eigenvalue weighted by Crippen LogP contribution is -2.40. The molecule has 1 atom stereocenters. The molecule has 0 radical (unpaired) electrons. The Balaban J connectivity index is 2.89. The molecular weight excluding hydrogens is 224 g/mol. The minimum Gasteiger partial charge on any atom is -0.477 e. The highest BCUT2D eigenvalue weighted by Gasteiger charge is 2.23. The number of anilines is 1. The molecule has 94 valence electrons. The molecule has 1 aromatic heterocycles. The summed E-state index contributed by atoms with van der Waals surface area (Å²) in [7, 11) is 0. The van der Waals surface area contributed by atoms with E-state index in [2.05, 4.69) is 15.5 Å². The van der Waals surface area contributed by atoms with Crippen LogP contribution >= 0.6 is 0 Å². The Bertz CT molecular complexity index is 439. The van der Waals surface area contributed by atoms with Crippen molar-refractivity contribution in [3.8, 4) is 0 Å². The predicted octanol–water partition coefficient (Wildman–Crippen LogP) is 0.338. The van der Waals surface area contributed by atoms with Crippen molar-refractivity contribution in [2.45, 2.75) is 26.8 Å². The summed E-state index contributed by atoms with van der Waals surface area (Å²) < 4.78 is 0. The average Bonchev–Trinajstić information content (AvgIpc) is 2.58. The van der Waals surface area contributed by atoms with Gasteiger partial charge < -0.3 is 16.2 Å². The van der Waals surface area contributed by atoms with Crippen molar-refractivity contribution >= 4 is 17.7 Å². The average molecular weight is 240 g/mol. The Kier molecular flexibility index (Phi) is 3.84. The summed E-state index contributed by atoms with van der Waals surface area (Å²) in [4.78, 5) is 22.6. The first-order chi connectivity index (χ1) is 7.84. The Morgan fingerprint density at radius 3 is 2.53 bits per heavy atom. The first-order valence-corrected chi connectivity index (χ1v) is 5.19. The molecule has 1 aromatic rings. The fourth-order valence-corrected chi connectivity index (χ4v) is 1.28. The number of nitrogens with zero attached hydrogens (tertiary/aromatic N) is 1. The summed E-state index contributed by atoms with van der Waals surface area (Å²) in [5, 5.41) is 17.6. The van der Waals surface area contributed by atoms with Crippen molar-refractivity contribution in [2.75, 3.05) is 5.32 Å². The normalized spacial score (nSPS) is 12.5. The number of amides is 1. The van der Waals surface area contributed by atoms with Crippen molar-refractivity contribution in [1.29, 1.82) is 0 Å². The number of nitrogens with two attached hydrogens (primary N) is 1. The van der Waals surface area contributed by atoms with E-state index in [0.29, 0.717) is 5.69 Å². The summed E-state index contributed by atoms with van der Waals surface area (Å²) in [6.45, 7) is 5.17. The highest BCUT2D eigenvalue weighted by molar-refractivity contribution is 6.01. The zero-order chi connectivity index (χ0) is 13.2.